The zero-order valence-corrected chi connectivity index (χ0v) is 74.2. The predicted molar refractivity (Wildman–Crippen MR) is 456 cm³/mol. The summed E-state index contributed by atoms with van der Waals surface area (Å²) in [5.41, 5.74) is 0. The molecule has 0 spiro atoms. The van der Waals surface area contributed by atoms with E-state index in [1.807, 2.05) is 0 Å². The topological polar surface area (TPSA) is 333 Å². The maximum atomic E-state index is 13.2. The Morgan fingerprint density at radius 1 is 0.307 bits per heavy atom. The second-order valence-corrected chi connectivity index (χ2v) is 33.9. The molecule has 0 aromatic rings. The number of allylic oxidation sites excluding steroid dienone is 4. The third kappa shape index (κ3) is 76.5. The van der Waals surface area contributed by atoms with Gasteiger partial charge in [-0.25, -0.2) is 9.13 Å². The second-order valence-electron chi connectivity index (χ2n) is 31.0. The lowest BCUT2D eigenvalue weighted by atomic mass is 10.0. The minimum absolute atomic E-state index is 0.0200. The van der Waals surface area contributed by atoms with E-state index < -0.39 is 77.8 Å². The van der Waals surface area contributed by atoms with Crippen LogP contribution in [-0.4, -0.2) is 147 Å². The fourth-order valence-corrected chi connectivity index (χ4v) is 14.5. The normalized spacial score (nSPS) is 13.8. The molecule has 0 rings (SSSR count). The third-order valence-electron chi connectivity index (χ3n) is 19.8. The summed E-state index contributed by atoms with van der Waals surface area (Å²) in [6.45, 7) is 11.0. The molecule has 24 nitrogen and oxygen atoms in total. The lowest BCUT2D eigenvalue weighted by molar-refractivity contribution is -0.151. The highest BCUT2D eigenvalue weighted by Gasteiger charge is 2.28. The highest BCUT2D eigenvalue weighted by Crippen LogP contribution is 2.44. The SMILES string of the molecule is CCCCCCC=CCCCC(=O)O[C@H](CCCCCCC)CCOCC(COP(=O)(O)OCCNC(=O)CCCCC(=O)NCCOP(=O)(O)OCC(COCC[C@@H](CCCCCCC)OC(=O)CCCC=CCCCCCC)NC(=O)CC(=O)CCCCCCCCCCC)NC(=O)CC(=O)CCCCCCCCCCC. The number of carbonyl (C=O) groups excluding carboxylic acids is 8. The molecule has 0 radical (unpaired) electrons. The summed E-state index contributed by atoms with van der Waals surface area (Å²) >= 11 is 0. The van der Waals surface area contributed by atoms with Crippen molar-refractivity contribution in [3.05, 3.63) is 24.3 Å². The smallest absolute Gasteiger partial charge is 0.462 e. The lowest BCUT2D eigenvalue weighted by Crippen LogP contribution is -2.42. The summed E-state index contributed by atoms with van der Waals surface area (Å²) in [5, 5.41) is 10.7. The quantitative estimate of drug-likeness (QED) is 0.0108. The van der Waals surface area contributed by atoms with E-state index in [-0.39, 0.29) is 114 Å². The molecule has 0 aromatic heterocycles. The van der Waals surface area contributed by atoms with Gasteiger partial charge >= 0.3 is 27.6 Å². The van der Waals surface area contributed by atoms with Gasteiger partial charge in [0.2, 0.25) is 23.6 Å². The van der Waals surface area contributed by atoms with E-state index in [1.165, 1.54) is 116 Å². The number of ketones is 2. The zero-order chi connectivity index (χ0) is 83.9. The first kappa shape index (κ1) is 110. The number of rotatable bonds is 87. The van der Waals surface area contributed by atoms with E-state index in [1.54, 1.807) is 0 Å². The van der Waals surface area contributed by atoms with Gasteiger partial charge in [0.1, 0.15) is 23.8 Å². The zero-order valence-electron chi connectivity index (χ0n) is 72.4. The molecule has 114 heavy (non-hydrogen) atoms. The Hall–Kier alpha value is -4.22. The molecule has 0 aromatic carbocycles. The number of esters is 2. The maximum absolute atomic E-state index is 13.2. The van der Waals surface area contributed by atoms with Crippen LogP contribution in [0.15, 0.2) is 24.3 Å². The van der Waals surface area contributed by atoms with Crippen molar-refractivity contribution >= 4 is 62.8 Å². The molecule has 666 valence electrons. The van der Waals surface area contributed by atoms with Crippen LogP contribution in [0.5, 0.6) is 0 Å². The van der Waals surface area contributed by atoms with E-state index >= 15 is 0 Å². The van der Waals surface area contributed by atoms with Crippen molar-refractivity contribution < 1.29 is 94.3 Å². The molecular weight excluding hydrogens is 1490 g/mol. The molecule has 26 heteroatoms. The van der Waals surface area contributed by atoms with E-state index in [9.17, 15) is 57.3 Å². The minimum Gasteiger partial charge on any atom is -0.462 e. The van der Waals surface area contributed by atoms with Crippen LogP contribution in [0.25, 0.3) is 0 Å². The average molecular weight is 1660 g/mol. The van der Waals surface area contributed by atoms with Crippen molar-refractivity contribution in [3.63, 3.8) is 0 Å². The summed E-state index contributed by atoms with van der Waals surface area (Å²) in [7, 11) is -9.49. The number of unbranched alkanes of at least 4 members (excludes halogenated alkanes) is 35. The Morgan fingerprint density at radius 3 is 0.930 bits per heavy atom. The number of phosphoric ester groups is 2. The summed E-state index contributed by atoms with van der Waals surface area (Å²) in [6, 6.07) is -1.92. The molecule has 0 fully saturated rings. The Morgan fingerprint density at radius 2 is 0.596 bits per heavy atom. The summed E-state index contributed by atoms with van der Waals surface area (Å²) in [4.78, 5) is 125. The van der Waals surface area contributed by atoms with Crippen molar-refractivity contribution in [2.45, 2.75) is 425 Å². The van der Waals surface area contributed by atoms with Crippen LogP contribution in [0.4, 0.5) is 0 Å². The first-order valence-electron chi connectivity index (χ1n) is 45.4. The van der Waals surface area contributed by atoms with Gasteiger partial charge < -0.3 is 50.0 Å². The highest BCUT2D eigenvalue weighted by atomic mass is 31.2. The van der Waals surface area contributed by atoms with E-state index in [2.05, 4.69) is 87.1 Å². The molecule has 0 aliphatic rings. The molecule has 6 atom stereocenters. The second kappa shape index (κ2) is 79.9. The molecular formula is C88H164N4O20P2. The van der Waals surface area contributed by atoms with E-state index in [0.717, 1.165) is 128 Å². The van der Waals surface area contributed by atoms with Crippen LogP contribution in [0.2, 0.25) is 0 Å². The van der Waals surface area contributed by atoms with Gasteiger partial charge in [0.25, 0.3) is 0 Å². The van der Waals surface area contributed by atoms with Gasteiger partial charge in [-0.1, -0.05) is 258 Å². The standard InChI is InChI=1S/C88H164N4O20P2/c1-7-13-19-25-29-33-37-43-47-55-79(93)71-85(97)91-77(73-105-67-63-81(57-49-41-23-17-11-5)111-87(99)61-51-45-39-35-31-27-21-15-9-3)75-109-113(101,102)107-69-65-89-83(95)59-53-54-60-84(96)90-66-70-108-114(103,104)110-76-78(92-86(98)72-80(94)56-48-44-38-34-30-26-20-14-8-2)74-106-68-64-82(58-50-42-24-18-12-6)112-88(100)62-52-46-40-36-32-28-22-16-10-4/h35-36,39-40,77-78,81-82H,7-34,37-38,41-76H2,1-6H3,(H,89,95)(H,90,96)(H,91,97)(H,92,98)(H,101,102)(H,103,104)/t77?,78?,81-,82-/m1/s1. The third-order valence-corrected chi connectivity index (χ3v) is 21.8. The number of hydrogen-bond donors (Lipinski definition) is 6. The van der Waals surface area contributed by atoms with Crippen molar-refractivity contribution in [2.24, 2.45) is 0 Å². The van der Waals surface area contributed by atoms with E-state index in [4.69, 9.17) is 37.0 Å². The fraction of sp³-hybridized carbons (Fsp3) is 0.864. The van der Waals surface area contributed by atoms with E-state index in [0.29, 0.717) is 77.0 Å². The number of amides is 4. The minimum atomic E-state index is -4.74. The first-order valence-corrected chi connectivity index (χ1v) is 48.4. The molecule has 0 aliphatic heterocycles. The van der Waals surface area contributed by atoms with Gasteiger partial charge in [-0.2, -0.15) is 0 Å². The molecule has 0 saturated carbocycles. The van der Waals surface area contributed by atoms with Crippen molar-refractivity contribution in [3.8, 4) is 0 Å². The van der Waals surface area contributed by atoms with Crippen LogP contribution in [0.3, 0.4) is 0 Å². The molecule has 4 unspecified atom stereocenters. The Balaban J connectivity index is 5.47. The lowest BCUT2D eigenvalue weighted by Gasteiger charge is -2.22. The van der Waals surface area contributed by atoms with Crippen LogP contribution < -0.4 is 21.3 Å². The van der Waals surface area contributed by atoms with Crippen molar-refractivity contribution in [2.75, 3.05) is 65.9 Å². The first-order chi connectivity index (χ1) is 55.2. The average Bonchev–Trinajstić information content (AvgIpc) is 0.902. The van der Waals surface area contributed by atoms with Crippen molar-refractivity contribution in [1.29, 1.82) is 0 Å². The molecule has 0 aliphatic carbocycles. The van der Waals surface area contributed by atoms with Gasteiger partial charge in [-0.05, 0) is 103 Å². The Bertz CT molecular complexity index is 2380. The molecule has 6 N–H and O–H groups in total. The van der Waals surface area contributed by atoms with Crippen molar-refractivity contribution in [1.82, 2.24) is 21.3 Å². The number of nitrogens with one attached hydrogen (secondary N) is 4. The van der Waals surface area contributed by atoms with Gasteiger partial charge in [0.15, 0.2) is 0 Å². The van der Waals surface area contributed by atoms with Crippen LogP contribution in [-0.2, 0) is 84.5 Å². The van der Waals surface area contributed by atoms with Gasteiger partial charge in [0, 0.05) is 64.5 Å². The molecule has 4 amide bonds. The maximum Gasteiger partial charge on any atom is 0.472 e. The largest absolute Gasteiger partial charge is 0.472 e. The highest BCUT2D eigenvalue weighted by molar-refractivity contribution is 7.47. The number of hydrogen-bond acceptors (Lipinski definition) is 18. The Kier molecular flexibility index (Phi) is 76.9. The van der Waals surface area contributed by atoms with Gasteiger partial charge in [-0.15, -0.1) is 0 Å². The number of carbonyl (C=O) groups is 8. The Labute approximate surface area is 690 Å². The predicted octanol–water partition coefficient (Wildman–Crippen LogP) is 20.5. The van der Waals surface area contributed by atoms with Crippen LogP contribution in [0, 0.1) is 0 Å². The number of phosphoric acid groups is 2. The molecule has 0 heterocycles. The van der Waals surface area contributed by atoms with Crippen LogP contribution >= 0.6 is 15.6 Å². The van der Waals surface area contributed by atoms with Crippen LogP contribution in [0.1, 0.15) is 401 Å². The number of ether oxygens (including phenoxy) is 4. The summed E-state index contributed by atoms with van der Waals surface area (Å²) in [5.74, 6) is -2.93. The summed E-state index contributed by atoms with van der Waals surface area (Å²) < 4.78 is 71.1. The summed E-state index contributed by atoms with van der Waals surface area (Å²) in [6.07, 6.45) is 55.7. The molecule has 0 bridgehead atoms. The van der Waals surface area contributed by atoms with Gasteiger partial charge in [-0.3, -0.25) is 56.5 Å². The number of Topliss-reactive ketones (excluding diaryl/α,β-unsaturated/α-hetero) is 2. The molecule has 0 saturated heterocycles. The van der Waals surface area contributed by atoms with Gasteiger partial charge in [0.05, 0.1) is 77.8 Å². The monoisotopic (exact) mass is 1660 g/mol. The fourth-order valence-electron chi connectivity index (χ4n) is 12.9.